The highest BCUT2D eigenvalue weighted by Crippen LogP contribution is 2.28. The Morgan fingerprint density at radius 2 is 1.95 bits per heavy atom. The van der Waals surface area contributed by atoms with Crippen molar-refractivity contribution in [3.8, 4) is 0 Å². The molecule has 1 heterocycles. The molecule has 19 heavy (non-hydrogen) atoms. The molecule has 112 valence electrons. The molecule has 0 saturated carbocycles. The van der Waals surface area contributed by atoms with Gasteiger partial charge in [0.05, 0.1) is 0 Å². The lowest BCUT2D eigenvalue weighted by Gasteiger charge is -2.35. The maximum atomic E-state index is 11.9. The molecule has 0 aliphatic carbocycles. The van der Waals surface area contributed by atoms with Crippen LogP contribution in [0.1, 0.15) is 53.4 Å². The molecular formula is C15H29NO3. The standard InChI is InChI=1S/C15H29NO3/c1-12(6-5-11-17)13-7-9-16(10-8-13)14(18)19-15(2,3)4/h12-13,17H,5-11H2,1-4H3. The number of hydrogen-bond donors (Lipinski definition) is 1. The summed E-state index contributed by atoms with van der Waals surface area (Å²) in [6, 6.07) is 0. The quantitative estimate of drug-likeness (QED) is 0.855. The van der Waals surface area contributed by atoms with Crippen LogP contribution in [0.15, 0.2) is 0 Å². The van der Waals surface area contributed by atoms with Gasteiger partial charge in [-0.3, -0.25) is 0 Å². The van der Waals surface area contributed by atoms with E-state index >= 15 is 0 Å². The van der Waals surface area contributed by atoms with Gasteiger partial charge in [0.2, 0.25) is 0 Å². The van der Waals surface area contributed by atoms with E-state index in [1.54, 1.807) is 0 Å². The van der Waals surface area contributed by atoms with E-state index in [2.05, 4.69) is 6.92 Å². The Bertz CT molecular complexity index is 278. The van der Waals surface area contributed by atoms with Crippen LogP contribution in [0.5, 0.6) is 0 Å². The number of aliphatic hydroxyl groups is 1. The Labute approximate surface area is 117 Å². The van der Waals surface area contributed by atoms with Gasteiger partial charge in [0.25, 0.3) is 0 Å². The molecule has 4 nitrogen and oxygen atoms in total. The Hall–Kier alpha value is -0.770. The molecule has 1 amide bonds. The minimum absolute atomic E-state index is 0.186. The van der Waals surface area contributed by atoms with Crippen LogP contribution in [0, 0.1) is 11.8 Å². The summed E-state index contributed by atoms with van der Waals surface area (Å²) < 4.78 is 5.39. The smallest absolute Gasteiger partial charge is 0.410 e. The highest BCUT2D eigenvalue weighted by molar-refractivity contribution is 5.68. The van der Waals surface area contributed by atoms with Gasteiger partial charge in [-0.25, -0.2) is 4.79 Å². The summed E-state index contributed by atoms with van der Waals surface area (Å²) in [5.41, 5.74) is -0.414. The monoisotopic (exact) mass is 271 g/mol. The van der Waals surface area contributed by atoms with Crippen molar-refractivity contribution in [2.45, 2.75) is 59.0 Å². The third kappa shape index (κ3) is 5.81. The maximum absolute atomic E-state index is 11.9. The lowest BCUT2D eigenvalue weighted by molar-refractivity contribution is 0.0160. The summed E-state index contributed by atoms with van der Waals surface area (Å²) in [7, 11) is 0. The van der Waals surface area contributed by atoms with E-state index in [4.69, 9.17) is 9.84 Å². The van der Waals surface area contributed by atoms with Crippen LogP contribution in [0.25, 0.3) is 0 Å². The minimum Gasteiger partial charge on any atom is -0.444 e. The number of likely N-dealkylation sites (tertiary alicyclic amines) is 1. The normalized spacial score (nSPS) is 19.3. The van der Waals surface area contributed by atoms with Crippen LogP contribution < -0.4 is 0 Å². The number of amides is 1. The Balaban J connectivity index is 2.34. The van der Waals surface area contributed by atoms with Crippen molar-refractivity contribution in [1.82, 2.24) is 4.90 Å². The predicted molar refractivity (Wildman–Crippen MR) is 76.0 cm³/mol. The zero-order chi connectivity index (χ0) is 14.5. The number of ether oxygens (including phenoxy) is 1. The molecule has 1 fully saturated rings. The van der Waals surface area contributed by atoms with Gasteiger partial charge in [-0.1, -0.05) is 6.92 Å². The lowest BCUT2D eigenvalue weighted by Crippen LogP contribution is -2.42. The molecule has 0 aromatic rings. The Morgan fingerprint density at radius 3 is 2.42 bits per heavy atom. The van der Waals surface area contributed by atoms with Crippen LogP contribution in [-0.2, 0) is 4.74 Å². The summed E-state index contributed by atoms with van der Waals surface area (Å²) in [6.45, 7) is 9.81. The third-order valence-electron chi connectivity index (χ3n) is 3.81. The van der Waals surface area contributed by atoms with E-state index < -0.39 is 5.60 Å². The molecule has 1 atom stereocenters. The second-order valence-corrected chi connectivity index (χ2v) is 6.65. The summed E-state index contributed by atoms with van der Waals surface area (Å²) in [5, 5.41) is 8.87. The van der Waals surface area contributed by atoms with Gasteiger partial charge >= 0.3 is 6.09 Å². The average Bonchev–Trinajstić information content (AvgIpc) is 2.34. The van der Waals surface area contributed by atoms with E-state index in [9.17, 15) is 4.79 Å². The van der Waals surface area contributed by atoms with Crippen molar-refractivity contribution in [3.05, 3.63) is 0 Å². The van der Waals surface area contributed by atoms with Gasteiger partial charge in [-0.2, -0.15) is 0 Å². The van der Waals surface area contributed by atoms with Crippen molar-refractivity contribution in [2.24, 2.45) is 11.8 Å². The summed E-state index contributed by atoms with van der Waals surface area (Å²) in [6.07, 6.45) is 3.87. The van der Waals surface area contributed by atoms with E-state index in [1.165, 1.54) is 0 Å². The van der Waals surface area contributed by atoms with Crippen LogP contribution in [0.2, 0.25) is 0 Å². The average molecular weight is 271 g/mol. The number of nitrogens with zero attached hydrogens (tertiary/aromatic N) is 1. The zero-order valence-corrected chi connectivity index (χ0v) is 12.8. The molecule has 0 radical (unpaired) electrons. The van der Waals surface area contributed by atoms with Crippen LogP contribution >= 0.6 is 0 Å². The van der Waals surface area contributed by atoms with E-state index in [0.717, 1.165) is 38.8 Å². The molecule has 1 rings (SSSR count). The molecular weight excluding hydrogens is 242 g/mol. The Morgan fingerprint density at radius 1 is 1.37 bits per heavy atom. The molecule has 1 N–H and O–H groups in total. The van der Waals surface area contributed by atoms with Gasteiger partial charge in [0.1, 0.15) is 5.60 Å². The third-order valence-corrected chi connectivity index (χ3v) is 3.81. The molecule has 0 aromatic carbocycles. The first-order valence-corrected chi connectivity index (χ1v) is 7.42. The van der Waals surface area contributed by atoms with E-state index in [1.807, 2.05) is 25.7 Å². The first kappa shape index (κ1) is 16.3. The first-order chi connectivity index (χ1) is 8.83. The fourth-order valence-electron chi connectivity index (χ4n) is 2.63. The second-order valence-electron chi connectivity index (χ2n) is 6.65. The molecule has 0 aromatic heterocycles. The summed E-state index contributed by atoms with van der Waals surface area (Å²) in [4.78, 5) is 13.8. The highest BCUT2D eigenvalue weighted by Gasteiger charge is 2.28. The number of carbonyl (C=O) groups is 1. The fraction of sp³-hybridized carbons (Fsp3) is 0.933. The number of hydrogen-bond acceptors (Lipinski definition) is 3. The molecule has 1 aliphatic rings. The lowest BCUT2D eigenvalue weighted by atomic mass is 9.83. The first-order valence-electron chi connectivity index (χ1n) is 7.42. The number of piperidine rings is 1. The largest absolute Gasteiger partial charge is 0.444 e. The SMILES string of the molecule is CC(CCCO)C1CCN(C(=O)OC(C)(C)C)CC1. The van der Waals surface area contributed by atoms with Crippen LogP contribution in [0.4, 0.5) is 4.79 Å². The maximum Gasteiger partial charge on any atom is 0.410 e. The Kier molecular flexibility index (Phi) is 6.11. The van der Waals surface area contributed by atoms with E-state index in [-0.39, 0.29) is 12.7 Å². The van der Waals surface area contributed by atoms with Gasteiger partial charge < -0.3 is 14.7 Å². The topological polar surface area (TPSA) is 49.8 Å². The van der Waals surface area contributed by atoms with Gasteiger partial charge in [-0.05, 0) is 58.3 Å². The molecule has 4 heteroatoms. The molecule has 1 saturated heterocycles. The molecule has 1 unspecified atom stereocenters. The van der Waals surface area contributed by atoms with Gasteiger partial charge in [0, 0.05) is 19.7 Å². The number of aliphatic hydroxyl groups excluding tert-OH is 1. The fourth-order valence-corrected chi connectivity index (χ4v) is 2.63. The minimum atomic E-state index is -0.414. The van der Waals surface area contributed by atoms with Crippen molar-refractivity contribution in [3.63, 3.8) is 0 Å². The summed E-state index contributed by atoms with van der Waals surface area (Å²) in [5.74, 6) is 1.30. The number of carbonyl (C=O) groups excluding carboxylic acids is 1. The van der Waals surface area contributed by atoms with Crippen molar-refractivity contribution in [2.75, 3.05) is 19.7 Å². The predicted octanol–water partition coefficient (Wildman–Crippen LogP) is 3.04. The van der Waals surface area contributed by atoms with E-state index in [0.29, 0.717) is 11.8 Å². The van der Waals surface area contributed by atoms with Crippen molar-refractivity contribution in [1.29, 1.82) is 0 Å². The number of rotatable bonds is 4. The van der Waals surface area contributed by atoms with Crippen molar-refractivity contribution >= 4 is 6.09 Å². The summed E-state index contributed by atoms with van der Waals surface area (Å²) >= 11 is 0. The van der Waals surface area contributed by atoms with Gasteiger partial charge in [0.15, 0.2) is 0 Å². The van der Waals surface area contributed by atoms with Crippen LogP contribution in [-0.4, -0.2) is 41.4 Å². The molecule has 0 spiro atoms. The highest BCUT2D eigenvalue weighted by atomic mass is 16.6. The second kappa shape index (κ2) is 7.13. The zero-order valence-electron chi connectivity index (χ0n) is 12.8. The molecule has 0 bridgehead atoms. The van der Waals surface area contributed by atoms with Crippen molar-refractivity contribution < 1.29 is 14.6 Å². The molecule has 1 aliphatic heterocycles. The van der Waals surface area contributed by atoms with Crippen LogP contribution in [0.3, 0.4) is 0 Å². The van der Waals surface area contributed by atoms with Gasteiger partial charge in [-0.15, -0.1) is 0 Å².